The largest absolute Gasteiger partial charge is 0.481 e. The maximum Gasteiger partial charge on any atom is 0.312 e. The number of carboxylic acid groups (broad SMARTS) is 1. The molecular formula is C14H22N2O2S2. The lowest BCUT2D eigenvalue weighted by Crippen LogP contribution is -2.18. The van der Waals surface area contributed by atoms with Gasteiger partial charge in [0.25, 0.3) is 0 Å². The van der Waals surface area contributed by atoms with Gasteiger partial charge in [0.05, 0.1) is 5.69 Å². The summed E-state index contributed by atoms with van der Waals surface area (Å²) in [5, 5.41) is 13.6. The van der Waals surface area contributed by atoms with E-state index in [-0.39, 0.29) is 0 Å². The minimum atomic E-state index is -0.741. The highest BCUT2D eigenvalue weighted by molar-refractivity contribution is 7.99. The van der Waals surface area contributed by atoms with Crippen LogP contribution in [0.3, 0.4) is 0 Å². The molecule has 0 aliphatic heterocycles. The van der Waals surface area contributed by atoms with E-state index in [1.165, 1.54) is 0 Å². The van der Waals surface area contributed by atoms with Crippen molar-refractivity contribution in [2.75, 3.05) is 16.8 Å². The maximum absolute atomic E-state index is 11.3. The van der Waals surface area contributed by atoms with E-state index in [1.54, 1.807) is 11.3 Å². The standard InChI is InChI=1S/C14H22N2O2S2/c1-3-19-8-7-9(2)15-14-16-12-10(13(17)18)5-4-6-11(12)20-14/h9-10H,3-8H2,1-2H3,(H,15,16)(H,17,18). The van der Waals surface area contributed by atoms with Crippen LogP contribution < -0.4 is 5.32 Å². The van der Waals surface area contributed by atoms with Crippen molar-refractivity contribution < 1.29 is 9.90 Å². The zero-order valence-corrected chi connectivity index (χ0v) is 13.6. The van der Waals surface area contributed by atoms with Crippen LogP contribution in [0, 0.1) is 0 Å². The van der Waals surface area contributed by atoms with Crippen LogP contribution in [0.25, 0.3) is 0 Å². The van der Waals surface area contributed by atoms with Gasteiger partial charge in [-0.3, -0.25) is 4.79 Å². The van der Waals surface area contributed by atoms with Crippen molar-refractivity contribution in [1.82, 2.24) is 4.98 Å². The number of hydrogen-bond donors (Lipinski definition) is 2. The van der Waals surface area contributed by atoms with Crippen molar-refractivity contribution in [3.8, 4) is 0 Å². The van der Waals surface area contributed by atoms with E-state index in [0.29, 0.717) is 12.5 Å². The molecule has 0 aromatic carbocycles. The van der Waals surface area contributed by atoms with Crippen LogP contribution in [0.15, 0.2) is 0 Å². The van der Waals surface area contributed by atoms with E-state index >= 15 is 0 Å². The van der Waals surface area contributed by atoms with Gasteiger partial charge in [0.2, 0.25) is 0 Å². The number of carboxylic acids is 1. The highest BCUT2D eigenvalue weighted by Crippen LogP contribution is 2.37. The fourth-order valence-corrected chi connectivity index (χ4v) is 4.39. The maximum atomic E-state index is 11.3. The Hall–Kier alpha value is -0.750. The fraction of sp³-hybridized carbons (Fsp3) is 0.714. The van der Waals surface area contributed by atoms with Crippen LogP contribution in [-0.2, 0) is 11.2 Å². The second-order valence-corrected chi connectivity index (χ2v) is 7.62. The van der Waals surface area contributed by atoms with Crippen LogP contribution in [0.5, 0.6) is 0 Å². The summed E-state index contributed by atoms with van der Waals surface area (Å²) in [4.78, 5) is 17.0. The van der Waals surface area contributed by atoms with E-state index in [4.69, 9.17) is 0 Å². The summed E-state index contributed by atoms with van der Waals surface area (Å²) in [7, 11) is 0. The van der Waals surface area contributed by atoms with Gasteiger partial charge in [-0.1, -0.05) is 6.92 Å². The molecule has 6 heteroatoms. The molecule has 1 aliphatic rings. The highest BCUT2D eigenvalue weighted by Gasteiger charge is 2.30. The summed E-state index contributed by atoms with van der Waals surface area (Å²) in [6, 6.07) is 0.380. The van der Waals surface area contributed by atoms with Crippen molar-refractivity contribution in [2.24, 2.45) is 0 Å². The second kappa shape index (κ2) is 7.31. The molecule has 0 bridgehead atoms. The van der Waals surface area contributed by atoms with E-state index in [1.807, 2.05) is 11.8 Å². The minimum Gasteiger partial charge on any atom is -0.481 e. The number of thiazole rings is 1. The predicted molar refractivity (Wildman–Crippen MR) is 86.1 cm³/mol. The van der Waals surface area contributed by atoms with E-state index in [0.717, 1.165) is 46.5 Å². The molecule has 2 N–H and O–H groups in total. The molecule has 0 saturated carbocycles. The summed E-state index contributed by atoms with van der Waals surface area (Å²) in [5.74, 6) is 1.15. The fourth-order valence-electron chi connectivity index (χ4n) is 2.41. The smallest absolute Gasteiger partial charge is 0.312 e. The molecule has 2 rings (SSSR count). The summed E-state index contributed by atoms with van der Waals surface area (Å²) < 4.78 is 0. The zero-order valence-electron chi connectivity index (χ0n) is 12.0. The third-order valence-electron chi connectivity index (χ3n) is 3.52. The van der Waals surface area contributed by atoms with E-state index < -0.39 is 11.9 Å². The summed E-state index contributed by atoms with van der Waals surface area (Å²) >= 11 is 3.58. The predicted octanol–water partition coefficient (Wildman–Crippen LogP) is 3.59. The molecule has 0 amide bonds. The van der Waals surface area contributed by atoms with E-state index in [9.17, 15) is 9.90 Å². The van der Waals surface area contributed by atoms with Crippen LogP contribution >= 0.6 is 23.1 Å². The van der Waals surface area contributed by atoms with Gasteiger partial charge in [-0.15, -0.1) is 11.3 Å². The van der Waals surface area contributed by atoms with Crippen LogP contribution in [0.4, 0.5) is 5.13 Å². The molecule has 0 saturated heterocycles. The van der Waals surface area contributed by atoms with Crippen molar-refractivity contribution in [1.29, 1.82) is 0 Å². The molecule has 20 heavy (non-hydrogen) atoms. The van der Waals surface area contributed by atoms with Gasteiger partial charge in [0.1, 0.15) is 5.92 Å². The number of hydrogen-bond acceptors (Lipinski definition) is 5. The number of aliphatic carboxylic acids is 1. The third-order valence-corrected chi connectivity index (χ3v) is 5.52. The van der Waals surface area contributed by atoms with Gasteiger partial charge in [0, 0.05) is 10.9 Å². The molecule has 0 spiro atoms. The molecule has 4 nitrogen and oxygen atoms in total. The lowest BCUT2D eigenvalue weighted by Gasteiger charge is -2.16. The molecule has 0 radical (unpaired) electrons. The number of rotatable bonds is 7. The first-order valence-electron chi connectivity index (χ1n) is 7.18. The van der Waals surface area contributed by atoms with Gasteiger partial charge < -0.3 is 10.4 Å². The number of nitrogens with zero attached hydrogens (tertiary/aromatic N) is 1. The van der Waals surface area contributed by atoms with Gasteiger partial charge in [-0.05, 0) is 44.1 Å². The van der Waals surface area contributed by atoms with Crippen LogP contribution in [0.2, 0.25) is 0 Å². The Balaban J connectivity index is 1.99. The minimum absolute atomic E-state index is 0.380. The number of anilines is 1. The first-order valence-corrected chi connectivity index (χ1v) is 9.15. The van der Waals surface area contributed by atoms with Crippen LogP contribution in [-0.4, -0.2) is 33.6 Å². The molecule has 112 valence electrons. The number of thioether (sulfide) groups is 1. The molecule has 1 aromatic rings. The molecule has 2 unspecified atom stereocenters. The molecule has 0 fully saturated rings. The monoisotopic (exact) mass is 314 g/mol. The summed E-state index contributed by atoms with van der Waals surface area (Å²) in [6.45, 7) is 4.33. The van der Waals surface area contributed by atoms with Crippen molar-refractivity contribution in [2.45, 2.75) is 51.5 Å². The lowest BCUT2D eigenvalue weighted by atomic mass is 9.91. The molecule has 1 heterocycles. The van der Waals surface area contributed by atoms with Crippen molar-refractivity contribution in [3.63, 3.8) is 0 Å². The quantitative estimate of drug-likeness (QED) is 0.753. The molecule has 1 aromatic heterocycles. The Bertz CT molecular complexity index is 462. The Morgan fingerprint density at radius 2 is 2.45 bits per heavy atom. The number of nitrogens with one attached hydrogen (secondary N) is 1. The Morgan fingerprint density at radius 3 is 3.15 bits per heavy atom. The average Bonchev–Trinajstić information content (AvgIpc) is 2.80. The Morgan fingerprint density at radius 1 is 1.65 bits per heavy atom. The Kier molecular flexibility index (Phi) is 5.72. The van der Waals surface area contributed by atoms with Gasteiger partial charge in [-0.25, -0.2) is 4.98 Å². The highest BCUT2D eigenvalue weighted by atomic mass is 32.2. The first kappa shape index (κ1) is 15.6. The average molecular weight is 314 g/mol. The summed E-state index contributed by atoms with van der Waals surface area (Å²) in [6.07, 6.45) is 3.74. The van der Waals surface area contributed by atoms with Crippen molar-refractivity contribution in [3.05, 3.63) is 10.6 Å². The summed E-state index contributed by atoms with van der Waals surface area (Å²) in [5.41, 5.74) is 0.798. The number of carbonyl (C=O) groups is 1. The second-order valence-electron chi connectivity index (χ2n) is 5.14. The first-order chi connectivity index (χ1) is 9.61. The Labute approximate surface area is 128 Å². The van der Waals surface area contributed by atoms with Crippen LogP contribution in [0.1, 0.15) is 49.6 Å². The number of aryl methyl sites for hydroxylation is 1. The lowest BCUT2D eigenvalue weighted by molar-refractivity contribution is -0.139. The van der Waals surface area contributed by atoms with Crippen molar-refractivity contribution >= 4 is 34.2 Å². The molecule has 2 atom stereocenters. The molecular weight excluding hydrogens is 292 g/mol. The number of aromatic nitrogens is 1. The normalized spacial score (nSPS) is 19.4. The van der Waals surface area contributed by atoms with Gasteiger partial charge >= 0.3 is 5.97 Å². The zero-order chi connectivity index (χ0) is 14.5. The van der Waals surface area contributed by atoms with E-state index in [2.05, 4.69) is 24.1 Å². The van der Waals surface area contributed by atoms with Gasteiger partial charge in [-0.2, -0.15) is 11.8 Å². The number of fused-ring (bicyclic) bond motifs is 1. The SMILES string of the molecule is CCSCCC(C)Nc1nc2c(s1)CCCC2C(=O)O. The third kappa shape index (κ3) is 3.88. The molecule has 1 aliphatic carbocycles. The topological polar surface area (TPSA) is 62.2 Å². The van der Waals surface area contributed by atoms with Gasteiger partial charge in [0.15, 0.2) is 5.13 Å².